The van der Waals surface area contributed by atoms with Crippen molar-refractivity contribution in [3.63, 3.8) is 0 Å². The van der Waals surface area contributed by atoms with E-state index in [1.807, 2.05) is 12.2 Å². The van der Waals surface area contributed by atoms with E-state index in [1.165, 1.54) is 5.57 Å². The van der Waals surface area contributed by atoms with Gasteiger partial charge in [-0.15, -0.1) is 0 Å². The van der Waals surface area contributed by atoms with E-state index < -0.39 is 0 Å². The average molecular weight is 134 g/mol. The molecule has 0 heterocycles. The minimum Gasteiger partial charge on any atom is -0.0991 e. The molecule has 0 aromatic heterocycles. The van der Waals surface area contributed by atoms with Crippen LogP contribution < -0.4 is 0 Å². The Bertz CT molecular complexity index is 159. The lowest BCUT2D eigenvalue weighted by atomic mass is 10.2. The SMILES string of the molecule is C=C/C=C\C/C(C)=C\C=C. The van der Waals surface area contributed by atoms with Crippen LogP contribution in [0.25, 0.3) is 0 Å². The van der Waals surface area contributed by atoms with Crippen LogP contribution in [-0.2, 0) is 0 Å². The highest BCUT2D eigenvalue weighted by Crippen LogP contribution is 2.00. The molecule has 0 aliphatic rings. The molecule has 0 fully saturated rings. The Kier molecular flexibility index (Phi) is 5.45. The molecule has 0 rings (SSSR count). The van der Waals surface area contributed by atoms with Crippen LogP contribution in [0.4, 0.5) is 0 Å². The summed E-state index contributed by atoms with van der Waals surface area (Å²) in [5.74, 6) is 0. The zero-order valence-electron chi connectivity index (χ0n) is 6.51. The standard InChI is InChI=1S/C10H14/c1-4-6-7-9-10(3)8-5-2/h4-8H,1-2,9H2,3H3/b7-6-,10-8-. The van der Waals surface area contributed by atoms with Gasteiger partial charge in [0.25, 0.3) is 0 Å². The molecule has 0 atom stereocenters. The lowest BCUT2D eigenvalue weighted by Gasteiger charge is -1.89. The van der Waals surface area contributed by atoms with E-state index in [9.17, 15) is 0 Å². The van der Waals surface area contributed by atoms with Gasteiger partial charge in [0.2, 0.25) is 0 Å². The van der Waals surface area contributed by atoms with Crippen LogP contribution >= 0.6 is 0 Å². The third kappa shape index (κ3) is 5.10. The Morgan fingerprint density at radius 3 is 2.50 bits per heavy atom. The quantitative estimate of drug-likeness (QED) is 0.518. The normalized spacial score (nSPS) is 11.9. The van der Waals surface area contributed by atoms with E-state index >= 15 is 0 Å². The Labute approximate surface area is 63.3 Å². The van der Waals surface area contributed by atoms with Crippen molar-refractivity contribution < 1.29 is 0 Å². The Balaban J connectivity index is 3.67. The first-order valence-electron chi connectivity index (χ1n) is 3.37. The molecule has 0 heteroatoms. The summed E-state index contributed by atoms with van der Waals surface area (Å²) in [6.45, 7) is 9.26. The fourth-order valence-electron chi connectivity index (χ4n) is 0.619. The van der Waals surface area contributed by atoms with Crippen molar-refractivity contribution >= 4 is 0 Å². The maximum Gasteiger partial charge on any atom is -0.0135 e. The lowest BCUT2D eigenvalue weighted by molar-refractivity contribution is 1.21. The van der Waals surface area contributed by atoms with Crippen molar-refractivity contribution in [1.82, 2.24) is 0 Å². The second-order valence-electron chi connectivity index (χ2n) is 2.12. The predicted octanol–water partition coefficient (Wildman–Crippen LogP) is 3.25. The van der Waals surface area contributed by atoms with E-state index in [-0.39, 0.29) is 0 Å². The minimum absolute atomic E-state index is 0.984. The number of rotatable bonds is 4. The summed E-state index contributed by atoms with van der Waals surface area (Å²) in [5, 5.41) is 0. The van der Waals surface area contributed by atoms with Crippen LogP contribution in [-0.4, -0.2) is 0 Å². The van der Waals surface area contributed by atoms with Gasteiger partial charge in [-0.2, -0.15) is 0 Å². The van der Waals surface area contributed by atoms with Gasteiger partial charge in [-0.05, 0) is 13.3 Å². The highest BCUT2D eigenvalue weighted by molar-refractivity contribution is 5.12. The van der Waals surface area contributed by atoms with Crippen molar-refractivity contribution in [1.29, 1.82) is 0 Å². The Hall–Kier alpha value is -1.04. The molecule has 0 aromatic rings. The van der Waals surface area contributed by atoms with E-state index in [0.29, 0.717) is 0 Å². The van der Waals surface area contributed by atoms with E-state index in [4.69, 9.17) is 0 Å². The summed E-state index contributed by atoms with van der Waals surface area (Å²) < 4.78 is 0. The molecule has 0 amide bonds. The summed E-state index contributed by atoms with van der Waals surface area (Å²) in [4.78, 5) is 0. The van der Waals surface area contributed by atoms with Gasteiger partial charge in [-0.1, -0.05) is 49.1 Å². The van der Waals surface area contributed by atoms with E-state index in [0.717, 1.165) is 6.42 Å². The van der Waals surface area contributed by atoms with Crippen LogP contribution in [0.1, 0.15) is 13.3 Å². The lowest BCUT2D eigenvalue weighted by Crippen LogP contribution is -1.69. The molecule has 0 saturated carbocycles. The molecule has 0 aliphatic heterocycles. The highest BCUT2D eigenvalue weighted by atomic mass is 13.9. The number of hydrogen-bond donors (Lipinski definition) is 0. The maximum atomic E-state index is 3.61. The topological polar surface area (TPSA) is 0 Å². The summed E-state index contributed by atoms with van der Waals surface area (Å²) in [7, 11) is 0. The monoisotopic (exact) mass is 134 g/mol. The molecule has 54 valence electrons. The molecular formula is C10H14. The van der Waals surface area contributed by atoms with Crippen LogP contribution in [0.2, 0.25) is 0 Å². The second-order valence-corrected chi connectivity index (χ2v) is 2.12. The highest BCUT2D eigenvalue weighted by Gasteiger charge is 1.79. The molecule has 0 radical (unpaired) electrons. The summed E-state index contributed by atoms with van der Waals surface area (Å²) in [6, 6.07) is 0. The molecule has 0 saturated heterocycles. The molecule has 0 unspecified atom stereocenters. The van der Waals surface area contributed by atoms with Gasteiger partial charge in [0, 0.05) is 0 Å². The smallest absolute Gasteiger partial charge is 0.0135 e. The van der Waals surface area contributed by atoms with Crippen molar-refractivity contribution in [2.45, 2.75) is 13.3 Å². The maximum absolute atomic E-state index is 3.61. The van der Waals surface area contributed by atoms with Gasteiger partial charge in [-0.25, -0.2) is 0 Å². The first kappa shape index (κ1) is 8.96. The molecule has 10 heavy (non-hydrogen) atoms. The molecule has 0 nitrogen and oxygen atoms in total. The van der Waals surface area contributed by atoms with Gasteiger partial charge in [0.05, 0.1) is 0 Å². The number of hydrogen-bond acceptors (Lipinski definition) is 0. The summed E-state index contributed by atoms with van der Waals surface area (Å²) in [5.41, 5.74) is 1.31. The Morgan fingerprint density at radius 1 is 1.30 bits per heavy atom. The van der Waals surface area contributed by atoms with Gasteiger partial charge >= 0.3 is 0 Å². The average Bonchev–Trinajstić information content (AvgIpc) is 1.89. The summed E-state index contributed by atoms with van der Waals surface area (Å²) >= 11 is 0. The van der Waals surface area contributed by atoms with E-state index in [1.54, 1.807) is 12.2 Å². The zero-order valence-corrected chi connectivity index (χ0v) is 6.51. The zero-order chi connectivity index (χ0) is 7.82. The fraction of sp³-hybridized carbons (Fsp3) is 0.200. The molecule has 0 bridgehead atoms. The van der Waals surface area contributed by atoms with Crippen LogP contribution in [0.15, 0.2) is 49.1 Å². The van der Waals surface area contributed by atoms with Crippen LogP contribution in [0.3, 0.4) is 0 Å². The van der Waals surface area contributed by atoms with Crippen LogP contribution in [0.5, 0.6) is 0 Å². The Morgan fingerprint density at radius 2 is 2.00 bits per heavy atom. The van der Waals surface area contributed by atoms with Crippen molar-refractivity contribution in [2.24, 2.45) is 0 Å². The first-order chi connectivity index (χ1) is 4.81. The molecule has 0 aromatic carbocycles. The summed E-state index contributed by atoms with van der Waals surface area (Å²) in [6.07, 6.45) is 10.6. The minimum atomic E-state index is 0.984. The van der Waals surface area contributed by atoms with E-state index in [2.05, 4.69) is 26.2 Å². The number of allylic oxidation sites excluding steroid dienone is 6. The van der Waals surface area contributed by atoms with Crippen molar-refractivity contribution in [3.8, 4) is 0 Å². The molecule has 0 aliphatic carbocycles. The van der Waals surface area contributed by atoms with Gasteiger partial charge in [0.15, 0.2) is 0 Å². The third-order valence-electron chi connectivity index (χ3n) is 1.11. The van der Waals surface area contributed by atoms with Gasteiger partial charge in [0.1, 0.15) is 0 Å². The molecular weight excluding hydrogens is 120 g/mol. The molecule has 0 spiro atoms. The third-order valence-corrected chi connectivity index (χ3v) is 1.11. The predicted molar refractivity (Wildman–Crippen MR) is 47.9 cm³/mol. The van der Waals surface area contributed by atoms with Crippen molar-refractivity contribution in [2.75, 3.05) is 0 Å². The van der Waals surface area contributed by atoms with Gasteiger partial charge in [-0.3, -0.25) is 0 Å². The van der Waals surface area contributed by atoms with Gasteiger partial charge < -0.3 is 0 Å². The second kappa shape index (κ2) is 6.09. The largest absolute Gasteiger partial charge is 0.0991 e. The fourth-order valence-corrected chi connectivity index (χ4v) is 0.619. The molecule has 0 N–H and O–H groups in total. The van der Waals surface area contributed by atoms with Crippen molar-refractivity contribution in [3.05, 3.63) is 49.1 Å². The van der Waals surface area contributed by atoms with Crippen LogP contribution in [0, 0.1) is 0 Å². The first-order valence-corrected chi connectivity index (χ1v) is 3.37.